The Hall–Kier alpha value is -2.47. The first kappa shape index (κ1) is 18.9. The molecule has 1 unspecified atom stereocenters. The zero-order valence-electron chi connectivity index (χ0n) is 16.4. The van der Waals surface area contributed by atoms with Gasteiger partial charge < -0.3 is 10.2 Å². The van der Waals surface area contributed by atoms with Crippen LogP contribution in [-0.4, -0.2) is 29.0 Å². The molecule has 28 heavy (non-hydrogen) atoms. The molecule has 1 saturated heterocycles. The third-order valence-electron chi connectivity index (χ3n) is 5.43. The van der Waals surface area contributed by atoms with Gasteiger partial charge in [0.2, 0.25) is 5.91 Å². The van der Waals surface area contributed by atoms with Crippen molar-refractivity contribution in [2.75, 3.05) is 23.3 Å². The van der Waals surface area contributed by atoms with E-state index in [1.807, 2.05) is 12.1 Å². The zero-order chi connectivity index (χ0) is 19.5. The third kappa shape index (κ3) is 3.87. The molecule has 1 aliphatic rings. The average Bonchev–Trinajstić information content (AvgIpc) is 3.18. The number of fused-ring (bicyclic) bond motifs is 1. The van der Waals surface area contributed by atoms with Crippen molar-refractivity contribution in [2.24, 2.45) is 5.92 Å². The molecule has 1 N–H and O–H groups in total. The molecule has 3 aromatic rings. The van der Waals surface area contributed by atoms with Crippen molar-refractivity contribution < 1.29 is 4.79 Å². The van der Waals surface area contributed by atoms with Gasteiger partial charge in [-0.25, -0.2) is 9.97 Å². The van der Waals surface area contributed by atoms with Crippen LogP contribution in [0.3, 0.4) is 0 Å². The first-order chi connectivity index (χ1) is 13.7. The molecular formula is C22H26N4OS. The monoisotopic (exact) mass is 394 g/mol. The van der Waals surface area contributed by atoms with Gasteiger partial charge >= 0.3 is 0 Å². The summed E-state index contributed by atoms with van der Waals surface area (Å²) in [4.78, 5) is 26.4. The number of aromatic nitrogens is 2. The number of amides is 1. The molecule has 3 heterocycles. The Bertz CT molecular complexity index is 966. The van der Waals surface area contributed by atoms with E-state index in [2.05, 4.69) is 52.2 Å². The summed E-state index contributed by atoms with van der Waals surface area (Å²) >= 11 is 1.73. The number of hydrogen-bond donors (Lipinski definition) is 1. The van der Waals surface area contributed by atoms with E-state index in [1.54, 1.807) is 17.7 Å². The zero-order valence-corrected chi connectivity index (χ0v) is 17.3. The number of piperidine rings is 1. The fourth-order valence-electron chi connectivity index (χ4n) is 3.77. The maximum absolute atomic E-state index is 12.8. The molecule has 5 nitrogen and oxygen atoms in total. The van der Waals surface area contributed by atoms with E-state index in [1.165, 1.54) is 10.4 Å². The number of carbonyl (C=O) groups is 1. The molecule has 0 radical (unpaired) electrons. The Labute approximate surface area is 169 Å². The number of aryl methyl sites for hydroxylation is 2. The Morgan fingerprint density at radius 2 is 2.04 bits per heavy atom. The van der Waals surface area contributed by atoms with Crippen LogP contribution in [0.5, 0.6) is 0 Å². The molecule has 146 valence electrons. The summed E-state index contributed by atoms with van der Waals surface area (Å²) in [6, 6.07) is 10.3. The molecule has 4 rings (SSSR count). The highest BCUT2D eigenvalue weighted by Crippen LogP contribution is 2.32. The second-order valence-electron chi connectivity index (χ2n) is 7.31. The van der Waals surface area contributed by atoms with E-state index >= 15 is 0 Å². The summed E-state index contributed by atoms with van der Waals surface area (Å²) in [5.74, 6) is 1.03. The Morgan fingerprint density at radius 3 is 2.79 bits per heavy atom. The van der Waals surface area contributed by atoms with Crippen LogP contribution in [0.4, 0.5) is 11.5 Å². The van der Waals surface area contributed by atoms with Gasteiger partial charge in [-0.2, -0.15) is 0 Å². The summed E-state index contributed by atoms with van der Waals surface area (Å²) < 4.78 is 0. The van der Waals surface area contributed by atoms with Crippen molar-refractivity contribution in [1.82, 2.24) is 9.97 Å². The van der Waals surface area contributed by atoms with Gasteiger partial charge in [0.15, 0.2) is 0 Å². The molecule has 1 atom stereocenters. The highest BCUT2D eigenvalue weighted by Gasteiger charge is 2.28. The predicted molar refractivity (Wildman–Crippen MR) is 116 cm³/mol. The second kappa shape index (κ2) is 8.27. The van der Waals surface area contributed by atoms with Crippen molar-refractivity contribution in [1.29, 1.82) is 0 Å². The number of anilines is 2. The molecule has 1 aliphatic heterocycles. The van der Waals surface area contributed by atoms with Crippen molar-refractivity contribution >= 4 is 39.0 Å². The van der Waals surface area contributed by atoms with Gasteiger partial charge in [0.1, 0.15) is 17.0 Å². The quantitative estimate of drug-likeness (QED) is 0.683. The van der Waals surface area contributed by atoms with Crippen LogP contribution in [0.25, 0.3) is 10.2 Å². The second-order valence-corrected chi connectivity index (χ2v) is 8.42. The smallest absolute Gasteiger partial charge is 0.229 e. The molecule has 0 saturated carbocycles. The third-order valence-corrected chi connectivity index (χ3v) is 6.62. The van der Waals surface area contributed by atoms with Crippen LogP contribution in [-0.2, 0) is 17.6 Å². The maximum Gasteiger partial charge on any atom is 0.229 e. The summed E-state index contributed by atoms with van der Waals surface area (Å²) in [5.41, 5.74) is 2.14. The molecule has 1 fully saturated rings. The lowest BCUT2D eigenvalue weighted by molar-refractivity contribution is -0.120. The van der Waals surface area contributed by atoms with Crippen LogP contribution in [0.1, 0.15) is 37.1 Å². The Morgan fingerprint density at radius 1 is 1.21 bits per heavy atom. The predicted octanol–water partition coefficient (Wildman–Crippen LogP) is 4.67. The van der Waals surface area contributed by atoms with Gasteiger partial charge in [-0.3, -0.25) is 4.79 Å². The van der Waals surface area contributed by atoms with E-state index < -0.39 is 0 Å². The lowest BCUT2D eigenvalue weighted by atomic mass is 9.96. The molecule has 0 aliphatic carbocycles. The highest BCUT2D eigenvalue weighted by atomic mass is 32.1. The maximum atomic E-state index is 12.8. The average molecular weight is 395 g/mol. The van der Waals surface area contributed by atoms with Gasteiger partial charge in [-0.05, 0) is 49.4 Å². The van der Waals surface area contributed by atoms with Crippen LogP contribution in [0, 0.1) is 5.92 Å². The van der Waals surface area contributed by atoms with E-state index in [9.17, 15) is 4.79 Å². The minimum Gasteiger partial charge on any atom is -0.355 e. The lowest BCUT2D eigenvalue weighted by Gasteiger charge is -2.33. The summed E-state index contributed by atoms with van der Waals surface area (Å²) in [6.45, 7) is 5.91. The van der Waals surface area contributed by atoms with E-state index in [0.717, 1.165) is 53.9 Å². The highest BCUT2D eigenvalue weighted by molar-refractivity contribution is 7.18. The first-order valence-corrected chi connectivity index (χ1v) is 10.9. The van der Waals surface area contributed by atoms with Crippen molar-refractivity contribution in [3.05, 3.63) is 47.1 Å². The van der Waals surface area contributed by atoms with Gasteiger partial charge in [0.05, 0.1) is 11.3 Å². The van der Waals surface area contributed by atoms with E-state index in [4.69, 9.17) is 0 Å². The normalized spacial score (nSPS) is 17.1. The van der Waals surface area contributed by atoms with Crippen LogP contribution < -0.4 is 10.2 Å². The molecule has 1 aromatic carbocycles. The van der Waals surface area contributed by atoms with Gasteiger partial charge in [-0.15, -0.1) is 11.3 Å². The number of benzene rings is 1. The Kier molecular flexibility index (Phi) is 5.57. The summed E-state index contributed by atoms with van der Waals surface area (Å²) in [6.07, 6.45) is 5.55. The minimum atomic E-state index is -0.0334. The molecular weight excluding hydrogens is 368 g/mol. The fraction of sp³-hybridized carbons (Fsp3) is 0.409. The van der Waals surface area contributed by atoms with Crippen molar-refractivity contribution in [2.45, 2.75) is 39.5 Å². The molecule has 6 heteroatoms. The van der Waals surface area contributed by atoms with E-state index in [0.29, 0.717) is 6.54 Å². The summed E-state index contributed by atoms with van der Waals surface area (Å²) in [5, 5.41) is 4.20. The van der Waals surface area contributed by atoms with Crippen molar-refractivity contribution in [3.63, 3.8) is 0 Å². The number of rotatable bonds is 5. The SMILES string of the molecule is CCc1ccc(NC(=O)C2CCCN(c3ncnc4sc(CC)cc34)C2)cc1. The van der Waals surface area contributed by atoms with Crippen LogP contribution >= 0.6 is 11.3 Å². The van der Waals surface area contributed by atoms with Gasteiger partial charge in [0, 0.05) is 23.7 Å². The van der Waals surface area contributed by atoms with Crippen LogP contribution in [0.2, 0.25) is 0 Å². The topological polar surface area (TPSA) is 58.1 Å². The van der Waals surface area contributed by atoms with Gasteiger partial charge in [0.25, 0.3) is 0 Å². The molecule has 0 spiro atoms. The first-order valence-electron chi connectivity index (χ1n) is 10.1. The number of hydrogen-bond acceptors (Lipinski definition) is 5. The molecule has 0 bridgehead atoms. The van der Waals surface area contributed by atoms with Crippen molar-refractivity contribution in [3.8, 4) is 0 Å². The number of nitrogens with one attached hydrogen (secondary N) is 1. The van der Waals surface area contributed by atoms with E-state index in [-0.39, 0.29) is 11.8 Å². The van der Waals surface area contributed by atoms with Crippen LogP contribution in [0.15, 0.2) is 36.7 Å². The molecule has 1 amide bonds. The number of thiophene rings is 1. The van der Waals surface area contributed by atoms with Gasteiger partial charge in [-0.1, -0.05) is 26.0 Å². The standard InChI is InChI=1S/C22H26N4OS/c1-3-15-7-9-17(10-8-15)25-21(27)16-6-5-11-26(13-16)20-19-12-18(4-2)28-22(19)24-14-23-20/h7-10,12,14,16H,3-6,11,13H2,1-2H3,(H,25,27). The minimum absolute atomic E-state index is 0.0334. The largest absolute Gasteiger partial charge is 0.355 e. The molecule has 2 aromatic heterocycles. The number of nitrogens with zero attached hydrogens (tertiary/aromatic N) is 3. The Balaban J connectivity index is 1.49. The summed E-state index contributed by atoms with van der Waals surface area (Å²) in [7, 11) is 0. The fourth-order valence-corrected chi connectivity index (χ4v) is 4.70. The number of carbonyl (C=O) groups excluding carboxylic acids is 1. The lowest BCUT2D eigenvalue weighted by Crippen LogP contribution is -2.41.